The molecule has 2 atom stereocenters. The van der Waals surface area contributed by atoms with Gasteiger partial charge in [-0.25, -0.2) is 9.10 Å². The number of piperazine rings is 1. The molecule has 0 saturated carbocycles. The number of hydrogen-bond donors (Lipinski definition) is 0. The van der Waals surface area contributed by atoms with Crippen molar-refractivity contribution >= 4 is 29.6 Å². The van der Waals surface area contributed by atoms with Gasteiger partial charge in [-0.2, -0.15) is 0 Å². The molecule has 3 rings (SSSR count). The number of rotatable bonds is 6. The molecule has 0 bridgehead atoms. The Morgan fingerprint density at radius 1 is 1.28 bits per heavy atom. The van der Waals surface area contributed by atoms with Gasteiger partial charge < -0.3 is 9.64 Å². The molecule has 0 N–H and O–H groups in total. The smallest absolute Gasteiger partial charge is 0.410 e. The Bertz CT molecular complexity index is 679. The first-order valence-electron chi connectivity index (χ1n) is 10.3. The number of nitrogens with zero attached hydrogens (tertiary/aromatic N) is 3. The van der Waals surface area contributed by atoms with E-state index in [0.717, 1.165) is 50.5 Å². The van der Waals surface area contributed by atoms with Crippen LogP contribution < -0.4 is 0 Å². The average molecular weight is 438 g/mol. The van der Waals surface area contributed by atoms with Crippen LogP contribution in [-0.2, 0) is 11.2 Å². The molecule has 2 fully saturated rings. The maximum absolute atomic E-state index is 12.1. The lowest BCUT2D eigenvalue weighted by Gasteiger charge is -2.49. The van der Waals surface area contributed by atoms with E-state index in [-0.39, 0.29) is 12.7 Å². The van der Waals surface area contributed by atoms with Crippen LogP contribution in [0, 0.1) is 0 Å². The number of piperidine rings is 1. The molecule has 2 aliphatic rings. The molecule has 7 heteroatoms. The van der Waals surface area contributed by atoms with Gasteiger partial charge in [0.25, 0.3) is 0 Å². The first-order valence-corrected chi connectivity index (χ1v) is 11.9. The molecular weight excluding hydrogens is 406 g/mol. The molecule has 0 aromatic heterocycles. The fourth-order valence-corrected chi connectivity index (χ4v) is 5.29. The molecule has 0 aliphatic carbocycles. The van der Waals surface area contributed by atoms with Gasteiger partial charge >= 0.3 is 6.09 Å². The van der Waals surface area contributed by atoms with Crippen molar-refractivity contribution in [2.75, 3.05) is 39.0 Å². The number of amides is 1. The predicted octanol–water partition coefficient (Wildman–Crippen LogP) is 4.32. The van der Waals surface area contributed by atoms with Gasteiger partial charge in [0.15, 0.2) is 0 Å². The quantitative estimate of drug-likeness (QED) is 0.489. The van der Waals surface area contributed by atoms with Crippen LogP contribution in [-0.4, -0.2) is 77.4 Å². The number of carbonyl (C=O) groups is 1. The fourth-order valence-electron chi connectivity index (χ4n) is 4.42. The van der Waals surface area contributed by atoms with Gasteiger partial charge in [-0.1, -0.05) is 48.3 Å². The summed E-state index contributed by atoms with van der Waals surface area (Å²) in [5, 5.41) is 0.782. The topological polar surface area (TPSA) is 36.0 Å². The molecule has 1 aromatic carbocycles. The van der Waals surface area contributed by atoms with Crippen molar-refractivity contribution in [1.82, 2.24) is 14.1 Å². The van der Waals surface area contributed by atoms with E-state index >= 15 is 0 Å². The second-order valence-corrected chi connectivity index (χ2v) is 9.17. The third-order valence-electron chi connectivity index (χ3n) is 5.96. The van der Waals surface area contributed by atoms with E-state index in [4.69, 9.17) is 16.3 Å². The van der Waals surface area contributed by atoms with E-state index in [2.05, 4.69) is 41.1 Å². The lowest BCUT2D eigenvalue weighted by Crippen LogP contribution is -2.60. The highest BCUT2D eigenvalue weighted by Gasteiger charge is 2.37. The van der Waals surface area contributed by atoms with Crippen LogP contribution in [0.15, 0.2) is 36.9 Å². The Balaban J connectivity index is 1.65. The lowest BCUT2D eigenvalue weighted by molar-refractivity contribution is 0.0194. The van der Waals surface area contributed by atoms with Crippen LogP contribution in [0.3, 0.4) is 0 Å². The van der Waals surface area contributed by atoms with Crippen molar-refractivity contribution in [2.45, 2.75) is 44.3 Å². The summed E-state index contributed by atoms with van der Waals surface area (Å²) in [5.74, 6) is 0. The molecule has 5 nitrogen and oxygen atoms in total. The van der Waals surface area contributed by atoms with Crippen LogP contribution in [0.4, 0.5) is 4.79 Å². The standard InChI is InChI=1S/C22H32ClN3O2S/c1-4-13-28-22(27)24-11-9-20(10-12-24)25-15-17(2)26(29-3)16-21(25)14-18-5-7-19(23)8-6-18/h4-8,17,20-21H,1,9-16H2,2-3H3/t17-,21-/m0/s1. The highest BCUT2D eigenvalue weighted by Crippen LogP contribution is 2.29. The Morgan fingerprint density at radius 3 is 2.59 bits per heavy atom. The number of hydrogen-bond acceptors (Lipinski definition) is 5. The first-order chi connectivity index (χ1) is 14.0. The SMILES string of the molecule is C=CCOC(=O)N1CCC(N2C[C@H](C)N(SC)C[C@@H]2Cc2ccc(Cl)cc2)CC1. The minimum Gasteiger partial charge on any atom is -0.445 e. The van der Waals surface area contributed by atoms with E-state index in [1.54, 1.807) is 6.08 Å². The van der Waals surface area contributed by atoms with Gasteiger partial charge in [-0.15, -0.1) is 0 Å². The summed E-state index contributed by atoms with van der Waals surface area (Å²) >= 11 is 7.91. The summed E-state index contributed by atoms with van der Waals surface area (Å²) in [6, 6.07) is 9.72. The Kier molecular flexibility index (Phi) is 8.30. The molecule has 1 amide bonds. The summed E-state index contributed by atoms with van der Waals surface area (Å²) in [6.45, 7) is 9.81. The number of halogens is 1. The van der Waals surface area contributed by atoms with Crippen LogP contribution in [0.1, 0.15) is 25.3 Å². The van der Waals surface area contributed by atoms with Gasteiger partial charge in [-0.3, -0.25) is 4.90 Å². The molecule has 2 heterocycles. The fraction of sp³-hybridized carbons (Fsp3) is 0.591. The Labute approximate surface area is 184 Å². The first kappa shape index (κ1) is 22.5. The molecule has 0 spiro atoms. The highest BCUT2D eigenvalue weighted by molar-refractivity contribution is 7.96. The number of ether oxygens (including phenoxy) is 1. The molecule has 29 heavy (non-hydrogen) atoms. The van der Waals surface area contributed by atoms with Gasteiger partial charge in [0.1, 0.15) is 6.61 Å². The van der Waals surface area contributed by atoms with E-state index in [9.17, 15) is 4.79 Å². The van der Waals surface area contributed by atoms with Gasteiger partial charge in [-0.05, 0) is 50.1 Å². The molecule has 1 aromatic rings. The van der Waals surface area contributed by atoms with E-state index in [0.29, 0.717) is 18.1 Å². The van der Waals surface area contributed by atoms with Crippen molar-refractivity contribution in [1.29, 1.82) is 0 Å². The zero-order chi connectivity index (χ0) is 20.8. The van der Waals surface area contributed by atoms with E-state index in [1.165, 1.54) is 5.56 Å². The van der Waals surface area contributed by atoms with Crippen LogP contribution in [0.25, 0.3) is 0 Å². The average Bonchev–Trinajstić information content (AvgIpc) is 2.74. The van der Waals surface area contributed by atoms with Crippen molar-refractivity contribution in [3.8, 4) is 0 Å². The van der Waals surface area contributed by atoms with Crippen molar-refractivity contribution < 1.29 is 9.53 Å². The van der Waals surface area contributed by atoms with Crippen LogP contribution in [0.5, 0.6) is 0 Å². The predicted molar refractivity (Wildman–Crippen MR) is 121 cm³/mol. The summed E-state index contributed by atoms with van der Waals surface area (Å²) in [5.41, 5.74) is 1.32. The normalized spacial score (nSPS) is 24.4. The largest absolute Gasteiger partial charge is 0.445 e. The lowest BCUT2D eigenvalue weighted by atomic mass is 9.95. The molecule has 0 unspecified atom stereocenters. The summed E-state index contributed by atoms with van der Waals surface area (Å²) in [6.07, 6.45) is 6.56. The Morgan fingerprint density at radius 2 is 1.97 bits per heavy atom. The third-order valence-corrected chi connectivity index (χ3v) is 7.19. The summed E-state index contributed by atoms with van der Waals surface area (Å²) in [7, 11) is 0. The minimum absolute atomic E-state index is 0.221. The molecule has 2 saturated heterocycles. The van der Waals surface area contributed by atoms with Crippen LogP contribution >= 0.6 is 23.5 Å². The maximum Gasteiger partial charge on any atom is 0.410 e. The van der Waals surface area contributed by atoms with Crippen molar-refractivity contribution in [3.63, 3.8) is 0 Å². The summed E-state index contributed by atoms with van der Waals surface area (Å²) in [4.78, 5) is 16.7. The zero-order valence-electron chi connectivity index (χ0n) is 17.4. The molecule has 0 radical (unpaired) electrons. The van der Waals surface area contributed by atoms with Gasteiger partial charge in [0.05, 0.1) is 0 Å². The molecule has 2 aliphatic heterocycles. The maximum atomic E-state index is 12.1. The summed E-state index contributed by atoms with van der Waals surface area (Å²) < 4.78 is 7.70. The van der Waals surface area contributed by atoms with E-state index < -0.39 is 0 Å². The minimum atomic E-state index is -0.221. The zero-order valence-corrected chi connectivity index (χ0v) is 19.0. The van der Waals surface area contributed by atoms with Gasteiger partial charge in [0.2, 0.25) is 0 Å². The van der Waals surface area contributed by atoms with E-state index in [1.807, 2.05) is 29.0 Å². The number of likely N-dealkylation sites (tertiary alicyclic amines) is 1. The third kappa shape index (κ3) is 5.91. The number of carbonyl (C=O) groups excluding carboxylic acids is 1. The number of benzene rings is 1. The Hall–Kier alpha value is -1.21. The van der Waals surface area contributed by atoms with Crippen molar-refractivity contribution in [3.05, 3.63) is 47.5 Å². The van der Waals surface area contributed by atoms with Gasteiger partial charge in [0, 0.05) is 49.3 Å². The molecule has 160 valence electrons. The second-order valence-electron chi connectivity index (χ2n) is 7.90. The monoisotopic (exact) mass is 437 g/mol. The highest BCUT2D eigenvalue weighted by atomic mass is 35.5. The second kappa shape index (κ2) is 10.7. The van der Waals surface area contributed by atoms with Crippen molar-refractivity contribution in [2.24, 2.45) is 0 Å². The molecular formula is C22H32ClN3O2S. The van der Waals surface area contributed by atoms with Crippen LogP contribution in [0.2, 0.25) is 5.02 Å².